The van der Waals surface area contributed by atoms with Gasteiger partial charge in [0.1, 0.15) is 0 Å². The fraction of sp³-hybridized carbons (Fsp3) is 0. The average Bonchev–Trinajstić information content (AvgIpc) is 2.36. The molecule has 19 heavy (non-hydrogen) atoms. The van der Waals surface area contributed by atoms with E-state index in [-0.39, 0.29) is 16.5 Å². The monoisotopic (exact) mass is 314 g/mol. The molecule has 98 valence electrons. The highest BCUT2D eigenvalue weighted by Crippen LogP contribution is 2.28. The minimum absolute atomic E-state index is 0.213. The van der Waals surface area contributed by atoms with Crippen LogP contribution in [0.3, 0.4) is 0 Å². The van der Waals surface area contributed by atoms with E-state index in [1.54, 1.807) is 36.4 Å². The molecule has 2 aromatic carbocycles. The molecule has 0 atom stereocenters. The molecule has 2 aromatic rings. The maximum atomic E-state index is 12.1. The van der Waals surface area contributed by atoms with Gasteiger partial charge >= 0.3 is 0 Å². The first kappa shape index (κ1) is 14.0. The highest BCUT2D eigenvalue weighted by molar-refractivity contribution is 6.38. The summed E-state index contributed by atoms with van der Waals surface area (Å²) in [7, 11) is 0. The van der Waals surface area contributed by atoms with Gasteiger partial charge in [-0.05, 0) is 30.3 Å². The van der Waals surface area contributed by atoms with Crippen LogP contribution in [0.1, 0.15) is 10.4 Å². The van der Waals surface area contributed by atoms with Gasteiger partial charge < -0.3 is 11.1 Å². The molecule has 0 aromatic heterocycles. The van der Waals surface area contributed by atoms with Crippen molar-refractivity contribution in [3.63, 3.8) is 0 Å². The molecule has 2 rings (SSSR count). The van der Waals surface area contributed by atoms with Crippen molar-refractivity contribution < 1.29 is 4.79 Å². The molecule has 0 fully saturated rings. The summed E-state index contributed by atoms with van der Waals surface area (Å²) in [5.74, 6) is -0.387. The number of benzene rings is 2. The second kappa shape index (κ2) is 5.70. The molecule has 0 aliphatic rings. The number of hydrogen-bond donors (Lipinski definition) is 2. The Hall–Kier alpha value is -1.42. The van der Waals surface area contributed by atoms with Crippen LogP contribution in [0.5, 0.6) is 0 Å². The molecular weight excluding hydrogens is 307 g/mol. The van der Waals surface area contributed by atoms with E-state index in [4.69, 9.17) is 40.5 Å². The van der Waals surface area contributed by atoms with Gasteiger partial charge in [0.05, 0.1) is 27.0 Å². The van der Waals surface area contributed by atoms with Crippen LogP contribution >= 0.6 is 34.8 Å². The van der Waals surface area contributed by atoms with Gasteiger partial charge in [0.2, 0.25) is 0 Å². The second-order valence-corrected chi connectivity index (χ2v) is 5.01. The summed E-state index contributed by atoms with van der Waals surface area (Å²) >= 11 is 17.7. The van der Waals surface area contributed by atoms with Gasteiger partial charge in [0.25, 0.3) is 5.91 Å². The smallest absolute Gasteiger partial charge is 0.257 e. The topological polar surface area (TPSA) is 55.1 Å². The first-order chi connectivity index (χ1) is 8.99. The number of nitrogens with one attached hydrogen (secondary N) is 1. The lowest BCUT2D eigenvalue weighted by Gasteiger charge is -2.09. The fourth-order valence-corrected chi connectivity index (χ4v) is 2.17. The number of carbonyl (C=O) groups excluding carboxylic acids is 1. The molecule has 0 spiro atoms. The minimum Gasteiger partial charge on any atom is -0.398 e. The van der Waals surface area contributed by atoms with Crippen molar-refractivity contribution >= 4 is 52.1 Å². The Kier molecular flexibility index (Phi) is 4.20. The zero-order valence-corrected chi connectivity index (χ0v) is 11.9. The largest absolute Gasteiger partial charge is 0.398 e. The molecule has 6 heteroatoms. The molecule has 0 aliphatic carbocycles. The summed E-state index contributed by atoms with van der Waals surface area (Å²) in [6.07, 6.45) is 0. The maximum Gasteiger partial charge on any atom is 0.257 e. The highest BCUT2D eigenvalue weighted by Gasteiger charge is 2.13. The third-order valence-electron chi connectivity index (χ3n) is 2.45. The lowest BCUT2D eigenvalue weighted by atomic mass is 10.2. The lowest BCUT2D eigenvalue weighted by Crippen LogP contribution is -2.13. The number of rotatable bonds is 2. The van der Waals surface area contributed by atoms with Gasteiger partial charge in [-0.15, -0.1) is 0 Å². The lowest BCUT2D eigenvalue weighted by molar-refractivity contribution is 0.102. The van der Waals surface area contributed by atoms with Crippen LogP contribution < -0.4 is 11.1 Å². The zero-order chi connectivity index (χ0) is 14.0. The molecule has 0 unspecified atom stereocenters. The van der Waals surface area contributed by atoms with E-state index < -0.39 is 0 Å². The zero-order valence-electron chi connectivity index (χ0n) is 9.58. The Morgan fingerprint density at radius 1 is 1.11 bits per heavy atom. The summed E-state index contributed by atoms with van der Waals surface area (Å²) in [5.41, 5.74) is 6.73. The van der Waals surface area contributed by atoms with Gasteiger partial charge in [-0.3, -0.25) is 4.79 Å². The first-order valence-electron chi connectivity index (χ1n) is 5.29. The van der Waals surface area contributed by atoms with Gasteiger partial charge in [-0.2, -0.15) is 0 Å². The Morgan fingerprint density at radius 2 is 1.84 bits per heavy atom. The van der Waals surface area contributed by atoms with Crippen molar-refractivity contribution in [1.29, 1.82) is 0 Å². The Balaban J connectivity index is 2.28. The van der Waals surface area contributed by atoms with E-state index in [0.717, 1.165) is 0 Å². The Morgan fingerprint density at radius 3 is 2.53 bits per heavy atom. The van der Waals surface area contributed by atoms with Crippen molar-refractivity contribution in [2.24, 2.45) is 0 Å². The molecule has 0 bridgehead atoms. The molecule has 3 nitrogen and oxygen atoms in total. The van der Waals surface area contributed by atoms with Crippen LogP contribution in [0.25, 0.3) is 0 Å². The minimum atomic E-state index is -0.387. The van der Waals surface area contributed by atoms with Gasteiger partial charge in [0.15, 0.2) is 0 Å². The Labute approximate surface area is 125 Å². The van der Waals surface area contributed by atoms with E-state index in [9.17, 15) is 4.79 Å². The molecule has 0 aliphatic heterocycles. The molecule has 1 amide bonds. The molecule has 0 heterocycles. The number of halogens is 3. The predicted molar refractivity (Wildman–Crippen MR) is 80.3 cm³/mol. The summed E-state index contributed by atoms with van der Waals surface area (Å²) in [6, 6.07) is 9.64. The number of hydrogen-bond acceptors (Lipinski definition) is 2. The standard InChI is InChI=1S/C13H9Cl3N2O/c14-7-4-5-11(9(15)6-7)18-13(19)8-2-1-3-10(17)12(8)16/h1-6H,17H2,(H,18,19). The number of nitrogen functional groups attached to an aromatic ring is 1. The number of carbonyl (C=O) groups is 1. The summed E-state index contributed by atoms with van der Waals surface area (Å²) in [5, 5.41) is 3.70. The highest BCUT2D eigenvalue weighted by atomic mass is 35.5. The van der Waals surface area contributed by atoms with Gasteiger partial charge in [-0.25, -0.2) is 0 Å². The van der Waals surface area contributed by atoms with Gasteiger partial charge in [-0.1, -0.05) is 40.9 Å². The van der Waals surface area contributed by atoms with E-state index >= 15 is 0 Å². The number of amides is 1. The van der Waals surface area contributed by atoms with Crippen LogP contribution in [0.2, 0.25) is 15.1 Å². The van der Waals surface area contributed by atoms with Crippen LogP contribution in [-0.4, -0.2) is 5.91 Å². The van der Waals surface area contributed by atoms with E-state index in [1.165, 1.54) is 0 Å². The molecule has 0 saturated carbocycles. The van der Waals surface area contributed by atoms with E-state index in [0.29, 0.717) is 21.4 Å². The third kappa shape index (κ3) is 3.13. The van der Waals surface area contributed by atoms with Crippen molar-refractivity contribution in [3.8, 4) is 0 Å². The van der Waals surface area contributed by atoms with Crippen molar-refractivity contribution in [2.45, 2.75) is 0 Å². The number of nitrogens with two attached hydrogens (primary N) is 1. The summed E-state index contributed by atoms with van der Waals surface area (Å²) in [6.45, 7) is 0. The first-order valence-corrected chi connectivity index (χ1v) is 6.43. The fourth-order valence-electron chi connectivity index (χ4n) is 1.51. The predicted octanol–water partition coefficient (Wildman–Crippen LogP) is 4.48. The average molecular weight is 316 g/mol. The molecule has 3 N–H and O–H groups in total. The van der Waals surface area contributed by atoms with Crippen LogP contribution in [0.4, 0.5) is 11.4 Å². The van der Waals surface area contributed by atoms with E-state index in [1.807, 2.05) is 0 Å². The molecular formula is C13H9Cl3N2O. The van der Waals surface area contributed by atoms with Gasteiger partial charge in [0, 0.05) is 5.02 Å². The van der Waals surface area contributed by atoms with Crippen LogP contribution in [0, 0.1) is 0 Å². The quantitative estimate of drug-likeness (QED) is 0.803. The van der Waals surface area contributed by atoms with Crippen LogP contribution in [-0.2, 0) is 0 Å². The normalized spacial score (nSPS) is 10.3. The summed E-state index contributed by atoms with van der Waals surface area (Å²) < 4.78 is 0. The molecule has 0 saturated heterocycles. The Bertz CT molecular complexity index is 644. The van der Waals surface area contributed by atoms with E-state index in [2.05, 4.69) is 5.32 Å². The SMILES string of the molecule is Nc1cccc(C(=O)Nc2ccc(Cl)cc2Cl)c1Cl. The number of anilines is 2. The maximum absolute atomic E-state index is 12.1. The second-order valence-electron chi connectivity index (χ2n) is 3.79. The molecule has 0 radical (unpaired) electrons. The van der Waals surface area contributed by atoms with Crippen molar-refractivity contribution in [1.82, 2.24) is 0 Å². The summed E-state index contributed by atoms with van der Waals surface area (Å²) in [4.78, 5) is 12.1. The van der Waals surface area contributed by atoms with Crippen molar-refractivity contribution in [3.05, 3.63) is 57.0 Å². The van der Waals surface area contributed by atoms with Crippen LogP contribution in [0.15, 0.2) is 36.4 Å². The third-order valence-corrected chi connectivity index (χ3v) is 3.42. The van der Waals surface area contributed by atoms with Crippen molar-refractivity contribution in [2.75, 3.05) is 11.1 Å².